The van der Waals surface area contributed by atoms with Crippen LogP contribution >= 0.6 is 11.6 Å². The minimum absolute atomic E-state index is 0.0942. The number of hydrogen-bond acceptors (Lipinski definition) is 6. The van der Waals surface area contributed by atoms with E-state index in [1.807, 2.05) is 4.68 Å². The van der Waals surface area contributed by atoms with Crippen LogP contribution in [0.25, 0.3) is 0 Å². The lowest BCUT2D eigenvalue weighted by Crippen LogP contribution is -2.32. The number of rotatable bonds is 1. The predicted molar refractivity (Wildman–Crippen MR) is 66.9 cm³/mol. The van der Waals surface area contributed by atoms with Gasteiger partial charge in [-0.25, -0.2) is 14.6 Å². The fourth-order valence-electron chi connectivity index (χ4n) is 2.64. The van der Waals surface area contributed by atoms with Crippen LogP contribution in [0.2, 0.25) is 5.15 Å². The van der Waals surface area contributed by atoms with Crippen LogP contribution in [0, 0.1) is 0 Å². The third-order valence-corrected chi connectivity index (χ3v) is 3.75. The first-order valence-corrected chi connectivity index (χ1v) is 6.43. The topological polar surface area (TPSA) is 69.0 Å². The number of aromatic nitrogens is 5. The molecule has 0 unspecified atom stereocenters. The summed E-state index contributed by atoms with van der Waals surface area (Å²) in [6, 6.07) is 1.83. The van der Waals surface area contributed by atoms with Crippen molar-refractivity contribution in [2.75, 3.05) is 18.0 Å². The summed E-state index contributed by atoms with van der Waals surface area (Å²) in [5.74, 6) is 0.632. The maximum atomic E-state index is 5.90. The average Bonchev–Trinajstić information content (AvgIpc) is 3.04. The zero-order chi connectivity index (χ0) is 12.8. The lowest BCUT2D eigenvalue weighted by Gasteiger charge is -2.25. The van der Waals surface area contributed by atoms with Crippen molar-refractivity contribution in [1.29, 1.82) is 0 Å². The van der Waals surface area contributed by atoms with E-state index in [1.54, 1.807) is 18.5 Å². The van der Waals surface area contributed by atoms with Gasteiger partial charge >= 0.3 is 0 Å². The van der Waals surface area contributed by atoms with Crippen LogP contribution in [0.15, 0.2) is 18.5 Å². The Balaban J connectivity index is 1.64. The van der Waals surface area contributed by atoms with Crippen LogP contribution in [-0.4, -0.2) is 44.2 Å². The third-order valence-electron chi connectivity index (χ3n) is 3.54. The second-order valence-corrected chi connectivity index (χ2v) is 5.06. The molecule has 0 saturated carbocycles. The fourth-order valence-corrected chi connectivity index (χ4v) is 2.77. The van der Waals surface area contributed by atoms with Crippen molar-refractivity contribution >= 4 is 17.5 Å². The first-order chi connectivity index (χ1) is 9.31. The second-order valence-electron chi connectivity index (χ2n) is 4.67. The van der Waals surface area contributed by atoms with Crippen LogP contribution in [0.1, 0.15) is 11.7 Å². The zero-order valence-corrected chi connectivity index (χ0v) is 10.7. The van der Waals surface area contributed by atoms with Gasteiger partial charge in [-0.05, 0) is 6.07 Å². The van der Waals surface area contributed by atoms with Crippen molar-refractivity contribution < 1.29 is 4.74 Å². The van der Waals surface area contributed by atoms with Crippen LogP contribution in [-0.2, 0) is 11.3 Å². The van der Waals surface area contributed by atoms with Crippen molar-refractivity contribution in [2.24, 2.45) is 0 Å². The molecule has 0 N–H and O–H groups in total. The summed E-state index contributed by atoms with van der Waals surface area (Å²) in [5, 5.41) is 8.52. The Morgan fingerprint density at radius 2 is 2.32 bits per heavy atom. The number of anilines is 1. The highest BCUT2D eigenvalue weighted by molar-refractivity contribution is 6.29. The summed E-state index contributed by atoms with van der Waals surface area (Å²) in [4.78, 5) is 10.6. The maximum absolute atomic E-state index is 5.90. The highest BCUT2D eigenvalue weighted by Gasteiger charge is 2.40. The largest absolute Gasteiger partial charge is 0.368 e. The van der Waals surface area contributed by atoms with Gasteiger partial charge in [0.25, 0.3) is 0 Å². The normalized spacial score (nSPS) is 25.2. The van der Waals surface area contributed by atoms with Crippen LogP contribution in [0.4, 0.5) is 5.95 Å². The SMILES string of the molecule is Clc1ccnc(N2C[C@@H]3[C@@H](C2)OCc2cnnn23)n1. The summed E-state index contributed by atoms with van der Waals surface area (Å²) in [7, 11) is 0. The van der Waals surface area contributed by atoms with Crippen molar-refractivity contribution in [2.45, 2.75) is 18.8 Å². The molecule has 0 aromatic carbocycles. The van der Waals surface area contributed by atoms with E-state index in [-0.39, 0.29) is 12.1 Å². The van der Waals surface area contributed by atoms with Crippen LogP contribution in [0.5, 0.6) is 0 Å². The molecule has 0 spiro atoms. The molecular weight excluding hydrogens is 268 g/mol. The minimum atomic E-state index is 0.0942. The molecule has 2 aromatic heterocycles. The van der Waals surface area contributed by atoms with E-state index in [4.69, 9.17) is 16.3 Å². The Morgan fingerprint density at radius 3 is 3.21 bits per heavy atom. The Kier molecular flexibility index (Phi) is 2.42. The smallest absolute Gasteiger partial charge is 0.226 e. The molecule has 0 radical (unpaired) electrons. The summed E-state index contributed by atoms with van der Waals surface area (Å²) in [6.07, 6.45) is 3.50. The molecule has 8 heteroatoms. The molecule has 0 aliphatic carbocycles. The minimum Gasteiger partial charge on any atom is -0.368 e. The van der Waals surface area contributed by atoms with Crippen molar-refractivity contribution in [1.82, 2.24) is 25.0 Å². The number of hydrogen-bond donors (Lipinski definition) is 0. The highest BCUT2D eigenvalue weighted by Crippen LogP contribution is 2.31. The number of nitrogens with zero attached hydrogens (tertiary/aromatic N) is 6. The fraction of sp³-hybridized carbons (Fsp3) is 0.455. The predicted octanol–water partition coefficient (Wildman–Crippen LogP) is 0.682. The van der Waals surface area contributed by atoms with Gasteiger partial charge in [0.05, 0.1) is 30.6 Å². The molecule has 2 atom stereocenters. The first-order valence-electron chi connectivity index (χ1n) is 6.05. The first kappa shape index (κ1) is 11.1. The molecular formula is C11H11ClN6O. The average molecular weight is 279 g/mol. The van der Waals surface area contributed by atoms with Crippen molar-refractivity contribution in [3.05, 3.63) is 29.3 Å². The number of halogens is 1. The van der Waals surface area contributed by atoms with Gasteiger partial charge in [0, 0.05) is 19.3 Å². The van der Waals surface area contributed by atoms with Gasteiger partial charge in [-0.1, -0.05) is 16.8 Å². The van der Waals surface area contributed by atoms with Gasteiger partial charge in [-0.3, -0.25) is 0 Å². The molecule has 0 amide bonds. The Morgan fingerprint density at radius 1 is 1.37 bits per heavy atom. The molecule has 7 nitrogen and oxygen atoms in total. The van der Waals surface area contributed by atoms with Crippen molar-refractivity contribution in [3.63, 3.8) is 0 Å². The third kappa shape index (κ3) is 1.77. The monoisotopic (exact) mass is 278 g/mol. The quantitative estimate of drug-likeness (QED) is 0.715. The van der Waals surface area contributed by atoms with E-state index < -0.39 is 0 Å². The summed E-state index contributed by atoms with van der Waals surface area (Å²) in [5.41, 5.74) is 1.01. The molecule has 1 saturated heterocycles. The maximum Gasteiger partial charge on any atom is 0.226 e. The molecule has 4 heterocycles. The molecule has 19 heavy (non-hydrogen) atoms. The Labute approximate surface area is 114 Å². The number of fused-ring (bicyclic) bond motifs is 3. The highest BCUT2D eigenvalue weighted by atomic mass is 35.5. The molecule has 4 rings (SSSR count). The lowest BCUT2D eigenvalue weighted by molar-refractivity contribution is -0.00255. The molecule has 0 bridgehead atoms. The van der Waals surface area contributed by atoms with Crippen LogP contribution < -0.4 is 4.90 Å². The van der Waals surface area contributed by atoms with E-state index in [1.165, 1.54) is 0 Å². The van der Waals surface area contributed by atoms with E-state index in [2.05, 4.69) is 25.2 Å². The summed E-state index contributed by atoms with van der Waals surface area (Å²) in [6.45, 7) is 2.05. The molecule has 98 valence electrons. The van der Waals surface area contributed by atoms with Crippen LogP contribution in [0.3, 0.4) is 0 Å². The van der Waals surface area contributed by atoms with Gasteiger partial charge in [-0.2, -0.15) is 0 Å². The Bertz CT molecular complexity index is 617. The molecule has 2 aromatic rings. The summed E-state index contributed by atoms with van der Waals surface area (Å²) < 4.78 is 7.78. The molecule has 2 aliphatic heterocycles. The van der Waals surface area contributed by atoms with E-state index in [0.717, 1.165) is 18.8 Å². The van der Waals surface area contributed by atoms with E-state index >= 15 is 0 Å². The van der Waals surface area contributed by atoms with Gasteiger partial charge in [0.15, 0.2) is 0 Å². The molecule has 2 aliphatic rings. The Hall–Kier alpha value is -1.73. The standard InChI is InChI=1S/C11H11ClN6O/c12-10-1-2-13-11(15-10)17-4-8-9(5-17)19-6-7-3-14-16-18(7)8/h1-3,8-9H,4-6H2/t8-,9-/m1/s1. The lowest BCUT2D eigenvalue weighted by atomic mass is 10.2. The van der Waals surface area contributed by atoms with Gasteiger partial charge in [0.2, 0.25) is 5.95 Å². The van der Waals surface area contributed by atoms with Crippen molar-refractivity contribution in [3.8, 4) is 0 Å². The van der Waals surface area contributed by atoms with Gasteiger partial charge in [0.1, 0.15) is 5.15 Å². The van der Waals surface area contributed by atoms with Gasteiger partial charge in [-0.15, -0.1) is 5.10 Å². The second kappa shape index (κ2) is 4.14. The van der Waals surface area contributed by atoms with E-state index in [0.29, 0.717) is 17.7 Å². The summed E-state index contributed by atoms with van der Waals surface area (Å²) >= 11 is 5.90. The van der Waals surface area contributed by atoms with E-state index in [9.17, 15) is 0 Å². The number of ether oxygens (including phenoxy) is 1. The van der Waals surface area contributed by atoms with Gasteiger partial charge < -0.3 is 9.64 Å². The molecule has 1 fully saturated rings. The zero-order valence-electron chi connectivity index (χ0n) is 9.98.